The molecule has 2 saturated carbocycles. The van der Waals surface area contributed by atoms with Crippen molar-refractivity contribution in [3.63, 3.8) is 0 Å². The van der Waals surface area contributed by atoms with Crippen molar-refractivity contribution in [2.75, 3.05) is 7.11 Å². The lowest BCUT2D eigenvalue weighted by Crippen LogP contribution is -2.62. The molecule has 3 aliphatic carbocycles. The van der Waals surface area contributed by atoms with Gasteiger partial charge in [-0.15, -0.1) is 0 Å². The Kier molecular flexibility index (Phi) is 1.70. The van der Waals surface area contributed by atoms with Crippen molar-refractivity contribution >= 4 is 0 Å². The van der Waals surface area contributed by atoms with Gasteiger partial charge in [0, 0.05) is 17.9 Å². The van der Waals surface area contributed by atoms with E-state index in [1.807, 2.05) is 7.11 Å². The Morgan fingerprint density at radius 3 is 2.79 bits per heavy atom. The van der Waals surface area contributed by atoms with Gasteiger partial charge in [-0.2, -0.15) is 0 Å². The topological polar surface area (TPSA) is 9.23 Å². The van der Waals surface area contributed by atoms with E-state index >= 15 is 0 Å². The average Bonchev–Trinajstić information content (AvgIpc) is 2.21. The SMILES string of the molecule is COC1CC23C=CC=CC12CCCC3. The maximum absolute atomic E-state index is 5.63. The Bertz CT molecular complexity index is 304. The molecule has 76 valence electrons. The molecule has 0 saturated heterocycles. The predicted molar refractivity (Wildman–Crippen MR) is 57.0 cm³/mol. The highest BCUT2D eigenvalue weighted by Gasteiger charge is 2.63. The van der Waals surface area contributed by atoms with E-state index in [-0.39, 0.29) is 0 Å². The van der Waals surface area contributed by atoms with E-state index < -0.39 is 0 Å². The Morgan fingerprint density at radius 2 is 1.93 bits per heavy atom. The highest BCUT2D eigenvalue weighted by Crippen LogP contribution is 2.67. The predicted octanol–water partition coefficient (Wildman–Crippen LogP) is 3.08. The van der Waals surface area contributed by atoms with Gasteiger partial charge < -0.3 is 4.74 Å². The second kappa shape index (κ2) is 2.73. The third-order valence-electron chi connectivity index (χ3n) is 4.72. The summed E-state index contributed by atoms with van der Waals surface area (Å²) < 4.78 is 5.63. The zero-order valence-corrected chi connectivity index (χ0v) is 8.83. The van der Waals surface area contributed by atoms with E-state index in [0.29, 0.717) is 16.9 Å². The van der Waals surface area contributed by atoms with E-state index in [1.54, 1.807) is 0 Å². The van der Waals surface area contributed by atoms with Crippen molar-refractivity contribution in [2.24, 2.45) is 10.8 Å². The minimum absolute atomic E-state index is 0.370. The minimum Gasteiger partial charge on any atom is -0.380 e. The van der Waals surface area contributed by atoms with Crippen LogP contribution in [0.1, 0.15) is 32.1 Å². The van der Waals surface area contributed by atoms with Gasteiger partial charge in [-0.05, 0) is 19.3 Å². The molecule has 0 spiro atoms. The van der Waals surface area contributed by atoms with Crippen LogP contribution in [0.15, 0.2) is 24.3 Å². The Balaban J connectivity index is 2.00. The molecular weight excluding hydrogens is 172 g/mol. The molecule has 2 fully saturated rings. The number of rotatable bonds is 1. The van der Waals surface area contributed by atoms with Crippen LogP contribution in [0.25, 0.3) is 0 Å². The van der Waals surface area contributed by atoms with Gasteiger partial charge in [-0.25, -0.2) is 0 Å². The summed E-state index contributed by atoms with van der Waals surface area (Å²) in [7, 11) is 1.87. The lowest BCUT2D eigenvalue weighted by atomic mass is 9.41. The third kappa shape index (κ3) is 0.802. The average molecular weight is 190 g/mol. The molecule has 3 rings (SSSR count). The third-order valence-corrected chi connectivity index (χ3v) is 4.72. The van der Waals surface area contributed by atoms with E-state index in [9.17, 15) is 0 Å². The Morgan fingerprint density at radius 1 is 1.14 bits per heavy atom. The smallest absolute Gasteiger partial charge is 0.0679 e. The summed E-state index contributed by atoms with van der Waals surface area (Å²) in [5.41, 5.74) is 0.843. The van der Waals surface area contributed by atoms with Gasteiger partial charge in [0.25, 0.3) is 0 Å². The molecule has 0 bridgehead atoms. The van der Waals surface area contributed by atoms with Crippen LogP contribution in [0, 0.1) is 10.8 Å². The second-order valence-electron chi connectivity index (χ2n) is 5.05. The molecule has 0 aromatic rings. The van der Waals surface area contributed by atoms with Crippen molar-refractivity contribution in [1.82, 2.24) is 0 Å². The maximum atomic E-state index is 5.63. The van der Waals surface area contributed by atoms with E-state index in [4.69, 9.17) is 4.74 Å². The number of hydrogen-bond acceptors (Lipinski definition) is 1. The lowest BCUT2D eigenvalue weighted by molar-refractivity contribution is -0.174. The van der Waals surface area contributed by atoms with E-state index in [0.717, 1.165) is 0 Å². The molecule has 3 aliphatic rings. The monoisotopic (exact) mass is 190 g/mol. The summed E-state index contributed by atoms with van der Waals surface area (Å²) >= 11 is 0. The number of hydrogen-bond donors (Lipinski definition) is 0. The van der Waals surface area contributed by atoms with E-state index in [2.05, 4.69) is 24.3 Å². The van der Waals surface area contributed by atoms with Gasteiger partial charge in [-0.1, -0.05) is 37.1 Å². The fraction of sp³-hybridized carbons (Fsp3) is 0.692. The van der Waals surface area contributed by atoms with Crippen molar-refractivity contribution in [3.05, 3.63) is 24.3 Å². The second-order valence-corrected chi connectivity index (χ2v) is 5.05. The largest absolute Gasteiger partial charge is 0.380 e. The fourth-order valence-corrected chi connectivity index (χ4v) is 3.92. The molecule has 0 heterocycles. The first-order valence-corrected chi connectivity index (χ1v) is 5.73. The van der Waals surface area contributed by atoms with Crippen LogP contribution in [0.3, 0.4) is 0 Å². The quantitative estimate of drug-likeness (QED) is 0.617. The van der Waals surface area contributed by atoms with Gasteiger partial charge in [0.05, 0.1) is 6.10 Å². The number of allylic oxidation sites excluding steroid dienone is 3. The molecule has 0 aromatic heterocycles. The van der Waals surface area contributed by atoms with Crippen molar-refractivity contribution in [2.45, 2.75) is 38.2 Å². The van der Waals surface area contributed by atoms with Crippen LogP contribution in [0.2, 0.25) is 0 Å². The molecule has 0 aliphatic heterocycles. The van der Waals surface area contributed by atoms with Crippen LogP contribution in [-0.2, 0) is 4.74 Å². The van der Waals surface area contributed by atoms with Gasteiger partial charge in [0.2, 0.25) is 0 Å². The molecule has 3 unspecified atom stereocenters. The van der Waals surface area contributed by atoms with E-state index in [1.165, 1.54) is 32.1 Å². The van der Waals surface area contributed by atoms with Crippen molar-refractivity contribution in [3.8, 4) is 0 Å². The fourth-order valence-electron chi connectivity index (χ4n) is 3.92. The van der Waals surface area contributed by atoms with Crippen LogP contribution in [0.5, 0.6) is 0 Å². The van der Waals surface area contributed by atoms with Crippen molar-refractivity contribution in [1.29, 1.82) is 0 Å². The summed E-state index contributed by atoms with van der Waals surface area (Å²) in [4.78, 5) is 0. The standard InChI is InChI=1S/C13H18O/c1-14-11-10-12-6-2-4-8-13(11,12)9-5-3-7-12/h2,4,6,8,11H,3,5,7,9-10H2,1H3. The summed E-state index contributed by atoms with van der Waals surface area (Å²) in [6.45, 7) is 0. The molecule has 0 amide bonds. The van der Waals surface area contributed by atoms with Crippen LogP contribution >= 0.6 is 0 Å². The van der Waals surface area contributed by atoms with Crippen LogP contribution < -0.4 is 0 Å². The molecule has 1 nitrogen and oxygen atoms in total. The van der Waals surface area contributed by atoms with Crippen molar-refractivity contribution < 1.29 is 4.74 Å². The molecule has 14 heavy (non-hydrogen) atoms. The molecule has 3 atom stereocenters. The maximum Gasteiger partial charge on any atom is 0.0679 e. The minimum atomic E-state index is 0.370. The molecule has 1 heteroatoms. The summed E-state index contributed by atoms with van der Waals surface area (Å²) in [6.07, 6.45) is 16.5. The van der Waals surface area contributed by atoms with Gasteiger partial charge in [0.15, 0.2) is 0 Å². The van der Waals surface area contributed by atoms with Gasteiger partial charge in [0.1, 0.15) is 0 Å². The summed E-state index contributed by atoms with van der Waals surface area (Å²) in [5, 5.41) is 0. The molecular formula is C13H18O. The number of ether oxygens (including phenoxy) is 1. The number of methoxy groups -OCH3 is 1. The summed E-state index contributed by atoms with van der Waals surface area (Å²) in [5.74, 6) is 0. The summed E-state index contributed by atoms with van der Waals surface area (Å²) in [6, 6.07) is 0. The molecule has 0 N–H and O–H groups in total. The Labute approximate surface area is 85.8 Å². The highest BCUT2D eigenvalue weighted by atomic mass is 16.5. The Hall–Kier alpha value is -0.560. The first-order chi connectivity index (χ1) is 6.83. The van der Waals surface area contributed by atoms with Crippen LogP contribution in [-0.4, -0.2) is 13.2 Å². The zero-order chi connectivity index (χ0) is 9.65. The van der Waals surface area contributed by atoms with Gasteiger partial charge >= 0.3 is 0 Å². The highest BCUT2D eigenvalue weighted by molar-refractivity contribution is 5.34. The van der Waals surface area contributed by atoms with Crippen LogP contribution in [0.4, 0.5) is 0 Å². The first kappa shape index (κ1) is 8.72. The lowest BCUT2D eigenvalue weighted by Gasteiger charge is -2.65. The molecule has 0 aromatic carbocycles. The molecule has 0 radical (unpaired) electrons. The zero-order valence-electron chi connectivity index (χ0n) is 8.83. The normalized spacial score (nSPS) is 49.4. The van der Waals surface area contributed by atoms with Gasteiger partial charge in [-0.3, -0.25) is 0 Å². The first-order valence-electron chi connectivity index (χ1n) is 5.73.